The average molecular weight is 193 g/mol. The van der Waals surface area contributed by atoms with E-state index in [1.165, 1.54) is 6.92 Å². The zero-order valence-electron chi connectivity index (χ0n) is 5.48. The van der Waals surface area contributed by atoms with E-state index < -0.39 is 0 Å². The van der Waals surface area contributed by atoms with E-state index in [1.54, 1.807) is 4.99 Å². The molecule has 3 heteroatoms. The molecule has 0 radical (unpaired) electrons. The Balaban J connectivity index is 3.39. The molecule has 0 aliphatic rings. The fourth-order valence-corrected chi connectivity index (χ4v) is 0.379. The Morgan fingerprint density at radius 1 is 1.67 bits per heavy atom. The molecule has 0 saturated heterocycles. The predicted octanol–water partition coefficient (Wildman–Crippen LogP) is 1.85. The third kappa shape index (κ3) is 5.56. The van der Waals surface area contributed by atoms with E-state index in [-0.39, 0.29) is 5.97 Å². The highest BCUT2D eigenvalue weighted by Gasteiger charge is 1.91. The summed E-state index contributed by atoms with van der Waals surface area (Å²) >= 11 is 3.11. The normalized spacial score (nSPS) is 11.2. The van der Waals surface area contributed by atoms with Crippen molar-refractivity contribution in [3.63, 3.8) is 0 Å². The Bertz CT molecular complexity index is 129. The summed E-state index contributed by atoms with van der Waals surface area (Å²) in [4.78, 5) is 11.9. The van der Waals surface area contributed by atoms with E-state index in [2.05, 4.69) is 20.7 Å². The van der Waals surface area contributed by atoms with Gasteiger partial charge in [-0.2, -0.15) is 0 Å². The first-order chi connectivity index (χ1) is 4.16. The van der Waals surface area contributed by atoms with Crippen molar-refractivity contribution in [2.24, 2.45) is 0 Å². The smallest absolute Gasteiger partial charge is 0.302 e. The lowest BCUT2D eigenvalue weighted by Crippen LogP contribution is -2.00. The Labute approximate surface area is 63.0 Å². The summed E-state index contributed by atoms with van der Waals surface area (Å²) in [6.45, 7) is 3.64. The van der Waals surface area contributed by atoms with Crippen LogP contribution < -0.4 is 0 Å². The molecule has 9 heavy (non-hydrogen) atoms. The van der Waals surface area contributed by atoms with E-state index in [0.717, 1.165) is 5.57 Å². The fraction of sp³-hybridized carbons (Fsp3) is 0.500. The van der Waals surface area contributed by atoms with E-state index in [4.69, 9.17) is 0 Å². The summed E-state index contributed by atoms with van der Waals surface area (Å²) < 4.78 is 4.66. The highest BCUT2D eigenvalue weighted by Crippen LogP contribution is 1.97. The molecule has 52 valence electrons. The van der Waals surface area contributed by atoms with Crippen LogP contribution >= 0.6 is 15.9 Å². The van der Waals surface area contributed by atoms with Crippen molar-refractivity contribution in [3.8, 4) is 0 Å². The van der Waals surface area contributed by atoms with Crippen LogP contribution in [0.15, 0.2) is 10.6 Å². The van der Waals surface area contributed by atoms with Gasteiger partial charge in [0.25, 0.3) is 0 Å². The number of hydrogen-bond acceptors (Lipinski definition) is 2. The SMILES string of the molecule is CC(=O)OC/C(C)=C/Br. The summed E-state index contributed by atoms with van der Waals surface area (Å²) in [6.07, 6.45) is 0. The zero-order valence-corrected chi connectivity index (χ0v) is 7.06. The average Bonchev–Trinajstić information content (AvgIpc) is 1.83. The first-order valence-corrected chi connectivity index (χ1v) is 3.47. The molecular formula is C6H9BrO2. The third-order valence-electron chi connectivity index (χ3n) is 0.689. The van der Waals surface area contributed by atoms with Gasteiger partial charge in [-0.25, -0.2) is 0 Å². The van der Waals surface area contributed by atoms with Gasteiger partial charge < -0.3 is 4.74 Å². The van der Waals surface area contributed by atoms with Gasteiger partial charge in [0.15, 0.2) is 0 Å². The fourth-order valence-electron chi connectivity index (χ4n) is 0.247. The monoisotopic (exact) mass is 192 g/mol. The van der Waals surface area contributed by atoms with Gasteiger partial charge in [0, 0.05) is 6.92 Å². The Morgan fingerprint density at radius 2 is 2.22 bits per heavy atom. The van der Waals surface area contributed by atoms with Crippen molar-refractivity contribution in [1.82, 2.24) is 0 Å². The predicted molar refractivity (Wildman–Crippen MR) is 39.3 cm³/mol. The summed E-state index contributed by atoms with van der Waals surface area (Å²) in [5, 5.41) is 0. The zero-order chi connectivity index (χ0) is 7.28. The molecule has 0 rings (SSSR count). The van der Waals surface area contributed by atoms with Crippen molar-refractivity contribution >= 4 is 21.9 Å². The highest BCUT2D eigenvalue weighted by atomic mass is 79.9. The van der Waals surface area contributed by atoms with Gasteiger partial charge in [0.05, 0.1) is 0 Å². The molecule has 0 aliphatic carbocycles. The summed E-state index contributed by atoms with van der Waals surface area (Å²) in [5.41, 5.74) is 0.991. The summed E-state index contributed by atoms with van der Waals surface area (Å²) in [5.74, 6) is -0.247. The van der Waals surface area contributed by atoms with Gasteiger partial charge in [0.2, 0.25) is 0 Å². The Morgan fingerprint density at radius 3 is 2.56 bits per heavy atom. The molecule has 0 aromatic rings. The van der Waals surface area contributed by atoms with E-state index in [9.17, 15) is 4.79 Å². The maximum Gasteiger partial charge on any atom is 0.302 e. The number of rotatable bonds is 2. The lowest BCUT2D eigenvalue weighted by atomic mass is 10.4. The molecule has 2 nitrogen and oxygen atoms in total. The molecule has 0 saturated carbocycles. The minimum absolute atomic E-state index is 0.247. The number of carbonyl (C=O) groups is 1. The van der Waals surface area contributed by atoms with Crippen LogP contribution in [0, 0.1) is 0 Å². The summed E-state index contributed by atoms with van der Waals surface area (Å²) in [6, 6.07) is 0. The maximum absolute atomic E-state index is 10.2. The number of ether oxygens (including phenoxy) is 1. The van der Waals surface area contributed by atoms with Gasteiger partial charge >= 0.3 is 5.97 Å². The van der Waals surface area contributed by atoms with Gasteiger partial charge in [-0.1, -0.05) is 15.9 Å². The molecule has 0 atom stereocenters. The second-order valence-corrected chi connectivity index (χ2v) is 2.19. The first kappa shape index (κ1) is 8.69. The number of esters is 1. The minimum atomic E-state index is -0.247. The van der Waals surface area contributed by atoms with Crippen LogP contribution in [0.1, 0.15) is 13.8 Å². The van der Waals surface area contributed by atoms with Crippen molar-refractivity contribution in [2.75, 3.05) is 6.61 Å². The van der Waals surface area contributed by atoms with Gasteiger partial charge in [-0.05, 0) is 17.5 Å². The van der Waals surface area contributed by atoms with Crippen LogP contribution in [-0.4, -0.2) is 12.6 Å². The molecule has 0 unspecified atom stereocenters. The molecule has 0 aromatic heterocycles. The quantitative estimate of drug-likeness (QED) is 0.625. The lowest BCUT2D eigenvalue weighted by Gasteiger charge is -1.98. The van der Waals surface area contributed by atoms with Gasteiger partial charge in [-0.3, -0.25) is 4.79 Å². The van der Waals surface area contributed by atoms with E-state index in [0.29, 0.717) is 6.61 Å². The molecule has 0 aromatic carbocycles. The van der Waals surface area contributed by atoms with E-state index >= 15 is 0 Å². The standard InChI is InChI=1S/C6H9BrO2/c1-5(3-7)4-9-6(2)8/h3H,4H2,1-2H3/b5-3+. The largest absolute Gasteiger partial charge is 0.461 e. The molecule has 0 heterocycles. The van der Waals surface area contributed by atoms with Gasteiger partial charge in [0.1, 0.15) is 6.61 Å². The number of halogens is 1. The summed E-state index contributed by atoms with van der Waals surface area (Å²) in [7, 11) is 0. The highest BCUT2D eigenvalue weighted by molar-refractivity contribution is 9.11. The first-order valence-electron chi connectivity index (χ1n) is 2.56. The topological polar surface area (TPSA) is 26.3 Å². The molecular weight excluding hydrogens is 184 g/mol. The molecule has 0 spiro atoms. The van der Waals surface area contributed by atoms with Crippen molar-refractivity contribution < 1.29 is 9.53 Å². The van der Waals surface area contributed by atoms with Crippen molar-refractivity contribution in [2.45, 2.75) is 13.8 Å². The second kappa shape index (κ2) is 4.56. The van der Waals surface area contributed by atoms with Crippen LogP contribution in [0.25, 0.3) is 0 Å². The number of carbonyl (C=O) groups excluding carboxylic acids is 1. The lowest BCUT2D eigenvalue weighted by molar-refractivity contribution is -0.139. The Hall–Kier alpha value is -0.310. The molecule has 0 aliphatic heterocycles. The minimum Gasteiger partial charge on any atom is -0.461 e. The maximum atomic E-state index is 10.2. The van der Waals surface area contributed by atoms with Crippen LogP contribution in [0.4, 0.5) is 0 Å². The number of hydrogen-bond donors (Lipinski definition) is 0. The van der Waals surface area contributed by atoms with Crippen molar-refractivity contribution in [1.29, 1.82) is 0 Å². The molecule has 0 N–H and O–H groups in total. The van der Waals surface area contributed by atoms with Gasteiger partial charge in [-0.15, -0.1) is 0 Å². The Kier molecular flexibility index (Phi) is 4.40. The van der Waals surface area contributed by atoms with Crippen LogP contribution in [-0.2, 0) is 9.53 Å². The van der Waals surface area contributed by atoms with E-state index in [1.807, 2.05) is 6.92 Å². The molecule has 0 bridgehead atoms. The molecule has 0 amide bonds. The van der Waals surface area contributed by atoms with Crippen LogP contribution in [0.3, 0.4) is 0 Å². The second-order valence-electron chi connectivity index (χ2n) is 1.74. The van der Waals surface area contributed by atoms with Crippen LogP contribution in [0.2, 0.25) is 0 Å². The van der Waals surface area contributed by atoms with Crippen molar-refractivity contribution in [3.05, 3.63) is 10.6 Å². The third-order valence-corrected chi connectivity index (χ3v) is 1.47. The molecule has 0 fully saturated rings. The van der Waals surface area contributed by atoms with Crippen LogP contribution in [0.5, 0.6) is 0 Å².